The first-order chi connectivity index (χ1) is 9.46. The summed E-state index contributed by atoms with van der Waals surface area (Å²) in [6.45, 7) is -0.317. The van der Waals surface area contributed by atoms with E-state index in [1.54, 1.807) is 0 Å². The fourth-order valence-corrected chi connectivity index (χ4v) is 2.81. The molecule has 5 N–H and O–H groups in total. The number of carbonyl (C=O) groups excluding carboxylic acids is 3. The smallest absolute Gasteiger partial charge is 0.248 e. The summed E-state index contributed by atoms with van der Waals surface area (Å²) in [6, 6.07) is -0.670. The topological polar surface area (TPSA) is 125 Å². The van der Waals surface area contributed by atoms with Crippen LogP contribution in [-0.4, -0.2) is 54.3 Å². The monoisotopic (exact) mass is 323 g/mol. The zero-order chi connectivity index (χ0) is 15.5. The largest absolute Gasteiger partial charge is 0.369 e. The molecule has 0 aliphatic heterocycles. The van der Waals surface area contributed by atoms with E-state index in [0.717, 1.165) is 0 Å². The van der Waals surface area contributed by atoms with E-state index in [0.29, 0.717) is 11.5 Å². The maximum Gasteiger partial charge on any atom is 0.248 e. The molecule has 0 spiro atoms. The van der Waals surface area contributed by atoms with Crippen molar-refractivity contribution in [1.82, 2.24) is 5.32 Å². The third-order valence-corrected chi connectivity index (χ3v) is 3.89. The van der Waals surface area contributed by atoms with Crippen LogP contribution in [0.5, 0.6) is 0 Å². The van der Waals surface area contributed by atoms with Crippen LogP contribution in [0.25, 0.3) is 0 Å². The Morgan fingerprint density at radius 3 is 2.25 bits per heavy atom. The molecule has 7 nitrogen and oxygen atoms in total. The summed E-state index contributed by atoms with van der Waals surface area (Å²) in [6.07, 6.45) is 3.67. The van der Waals surface area contributed by atoms with Gasteiger partial charge in [0, 0.05) is 17.9 Å². The van der Waals surface area contributed by atoms with Gasteiger partial charge < -0.3 is 11.1 Å². The molecule has 2 unspecified atom stereocenters. The number of ketones is 1. The van der Waals surface area contributed by atoms with E-state index in [4.69, 9.17) is 11.6 Å². The second kappa shape index (κ2) is 11.0. The molecular weight excluding hydrogens is 302 g/mol. The Morgan fingerprint density at radius 1 is 1.20 bits per heavy atom. The zero-order valence-corrected chi connectivity index (χ0v) is 13.2. The van der Waals surface area contributed by atoms with Gasteiger partial charge in [0.2, 0.25) is 11.8 Å². The first kappa shape index (κ1) is 19.2. The average molecular weight is 323 g/mol. The molecule has 9 heteroatoms. The van der Waals surface area contributed by atoms with E-state index in [2.05, 4.69) is 10.2 Å². The third kappa shape index (κ3) is 7.73. The van der Waals surface area contributed by atoms with Crippen LogP contribution < -0.4 is 16.9 Å². The molecule has 0 aromatic rings. The lowest BCUT2D eigenvalue weighted by atomic mass is 10.00. The summed E-state index contributed by atoms with van der Waals surface area (Å²) in [4.78, 5) is 39.0. The van der Waals surface area contributed by atoms with E-state index >= 15 is 0 Å². The van der Waals surface area contributed by atoms with Gasteiger partial charge in [-0.2, -0.15) is 23.5 Å². The van der Waals surface area contributed by atoms with Gasteiger partial charge in [-0.15, -0.1) is 0 Å². The molecule has 20 heavy (non-hydrogen) atoms. The normalized spacial score (nSPS) is 13.6. The molecule has 0 saturated heterocycles. The predicted molar refractivity (Wildman–Crippen MR) is 81.1 cm³/mol. The molecule has 0 aliphatic carbocycles. The van der Waals surface area contributed by atoms with Crippen LogP contribution in [0.1, 0.15) is 6.42 Å². The number of hydrogen-bond acceptors (Lipinski definition) is 7. The van der Waals surface area contributed by atoms with Crippen molar-refractivity contribution in [2.24, 2.45) is 17.5 Å². The fourth-order valence-electron chi connectivity index (χ4n) is 1.52. The van der Waals surface area contributed by atoms with Crippen LogP contribution in [0.15, 0.2) is 0 Å². The van der Waals surface area contributed by atoms with E-state index < -0.39 is 23.8 Å². The Morgan fingerprint density at radius 2 is 1.80 bits per heavy atom. The zero-order valence-electron chi connectivity index (χ0n) is 11.6. The van der Waals surface area contributed by atoms with Gasteiger partial charge in [-0.3, -0.25) is 19.2 Å². The SMILES string of the molecule is CSCC(CC(=O)C(CSC)NC(=O)CON)C(N)=O. The molecule has 0 fully saturated rings. The fraction of sp³-hybridized carbons (Fsp3) is 0.727. The summed E-state index contributed by atoms with van der Waals surface area (Å²) in [5.41, 5.74) is 5.26. The van der Waals surface area contributed by atoms with E-state index in [1.165, 1.54) is 23.5 Å². The number of hydrogen-bond donors (Lipinski definition) is 3. The van der Waals surface area contributed by atoms with Gasteiger partial charge in [-0.05, 0) is 12.5 Å². The quantitative estimate of drug-likeness (QED) is 0.423. The Labute approximate surface area is 126 Å². The highest BCUT2D eigenvalue weighted by Gasteiger charge is 2.25. The number of carbonyl (C=O) groups is 3. The molecule has 0 aromatic carbocycles. The number of nitrogens with two attached hydrogens (primary N) is 2. The second-order valence-corrected chi connectivity index (χ2v) is 5.93. The number of Topliss-reactive ketones (excluding diaryl/α,β-unsaturated/α-hetero) is 1. The number of amides is 2. The van der Waals surface area contributed by atoms with Gasteiger partial charge >= 0.3 is 0 Å². The third-order valence-electron chi connectivity index (χ3n) is 2.49. The highest BCUT2D eigenvalue weighted by Crippen LogP contribution is 2.13. The summed E-state index contributed by atoms with van der Waals surface area (Å²) in [5.74, 6) is 3.97. The molecule has 0 rings (SSSR count). The summed E-state index contributed by atoms with van der Waals surface area (Å²) in [7, 11) is 0. The molecule has 0 radical (unpaired) electrons. The minimum absolute atomic E-state index is 0.0190. The van der Waals surface area contributed by atoms with Gasteiger partial charge in [0.15, 0.2) is 5.78 Å². The summed E-state index contributed by atoms with van der Waals surface area (Å²) in [5, 5.41) is 2.53. The Balaban J connectivity index is 4.61. The standard InChI is InChI=1S/C11H21N3O4S2/c1-19-5-7(11(12)17)3-9(15)8(6-20-2)14-10(16)4-18-13/h7-8H,3-6,13H2,1-2H3,(H2,12,17)(H,14,16). The lowest BCUT2D eigenvalue weighted by molar-refractivity contribution is -0.131. The van der Waals surface area contributed by atoms with Crippen LogP contribution in [0.2, 0.25) is 0 Å². The van der Waals surface area contributed by atoms with E-state index in [9.17, 15) is 14.4 Å². The Bertz CT molecular complexity index is 342. The van der Waals surface area contributed by atoms with Gasteiger partial charge in [0.05, 0.1) is 12.0 Å². The van der Waals surface area contributed by atoms with Crippen molar-refractivity contribution < 1.29 is 19.2 Å². The molecule has 0 aromatic heterocycles. The van der Waals surface area contributed by atoms with Crippen LogP contribution >= 0.6 is 23.5 Å². The van der Waals surface area contributed by atoms with E-state index in [1.807, 2.05) is 12.5 Å². The Hall–Kier alpha value is -0.770. The highest BCUT2D eigenvalue weighted by atomic mass is 32.2. The first-order valence-electron chi connectivity index (χ1n) is 5.87. The van der Waals surface area contributed by atoms with Crippen molar-refractivity contribution in [3.05, 3.63) is 0 Å². The molecule has 116 valence electrons. The number of nitrogens with one attached hydrogen (secondary N) is 1. The lowest BCUT2D eigenvalue weighted by Gasteiger charge is -2.19. The molecule has 0 aliphatic rings. The molecular formula is C11H21N3O4S2. The van der Waals surface area contributed by atoms with Crippen molar-refractivity contribution in [2.75, 3.05) is 30.6 Å². The van der Waals surface area contributed by atoms with Crippen molar-refractivity contribution in [1.29, 1.82) is 0 Å². The van der Waals surface area contributed by atoms with Crippen molar-refractivity contribution in [3.8, 4) is 0 Å². The predicted octanol–water partition coefficient (Wildman–Crippen LogP) is -0.852. The Kier molecular flexibility index (Phi) is 10.5. The minimum atomic E-state index is -0.670. The van der Waals surface area contributed by atoms with Crippen LogP contribution in [-0.2, 0) is 19.2 Å². The number of primary amides is 1. The van der Waals surface area contributed by atoms with Crippen molar-refractivity contribution in [3.63, 3.8) is 0 Å². The maximum atomic E-state index is 12.1. The van der Waals surface area contributed by atoms with Crippen LogP contribution in [0, 0.1) is 5.92 Å². The molecule has 2 atom stereocenters. The number of rotatable bonds is 11. The van der Waals surface area contributed by atoms with Crippen molar-refractivity contribution in [2.45, 2.75) is 12.5 Å². The van der Waals surface area contributed by atoms with E-state index in [-0.39, 0.29) is 18.8 Å². The second-order valence-electron chi connectivity index (χ2n) is 4.11. The molecule has 0 saturated carbocycles. The minimum Gasteiger partial charge on any atom is -0.369 e. The summed E-state index contributed by atoms with van der Waals surface area (Å²) < 4.78 is 0. The number of thioether (sulfide) groups is 2. The maximum absolute atomic E-state index is 12.1. The highest BCUT2D eigenvalue weighted by molar-refractivity contribution is 7.98. The van der Waals surface area contributed by atoms with Crippen LogP contribution in [0.4, 0.5) is 0 Å². The first-order valence-corrected chi connectivity index (χ1v) is 8.65. The molecule has 0 bridgehead atoms. The summed E-state index contributed by atoms with van der Waals surface area (Å²) >= 11 is 2.86. The van der Waals surface area contributed by atoms with Gasteiger partial charge in [-0.25, -0.2) is 5.90 Å². The van der Waals surface area contributed by atoms with Crippen LogP contribution in [0.3, 0.4) is 0 Å². The van der Waals surface area contributed by atoms with Gasteiger partial charge in [0.1, 0.15) is 6.61 Å². The average Bonchev–Trinajstić information content (AvgIpc) is 2.37. The van der Waals surface area contributed by atoms with Crippen molar-refractivity contribution >= 4 is 41.1 Å². The molecule has 2 amide bonds. The van der Waals surface area contributed by atoms with Gasteiger partial charge in [0.25, 0.3) is 0 Å². The molecule has 0 heterocycles. The van der Waals surface area contributed by atoms with Gasteiger partial charge in [-0.1, -0.05) is 0 Å². The lowest BCUT2D eigenvalue weighted by Crippen LogP contribution is -2.45.